The maximum atomic E-state index is 10.8. The Morgan fingerprint density at radius 2 is 2.00 bits per heavy atom. The SMILES string of the molecule is CCCc1ccc(/C(C)=N/NC(=O)OC)cc1. The zero-order valence-corrected chi connectivity index (χ0v) is 10.5. The molecule has 1 N–H and O–H groups in total. The Bertz CT molecular complexity index is 396. The molecule has 1 amide bonds. The second kappa shape index (κ2) is 6.68. The van der Waals surface area contributed by atoms with Crippen LogP contribution in [0.15, 0.2) is 29.4 Å². The normalized spacial score (nSPS) is 11.1. The molecule has 1 aromatic rings. The van der Waals surface area contributed by atoms with Gasteiger partial charge >= 0.3 is 6.09 Å². The van der Waals surface area contributed by atoms with Crippen LogP contribution in [0.3, 0.4) is 0 Å². The van der Waals surface area contributed by atoms with Gasteiger partial charge in [-0.15, -0.1) is 0 Å². The highest BCUT2D eigenvalue weighted by Crippen LogP contribution is 2.07. The monoisotopic (exact) mass is 234 g/mol. The lowest BCUT2D eigenvalue weighted by Crippen LogP contribution is -2.18. The van der Waals surface area contributed by atoms with Gasteiger partial charge in [0.1, 0.15) is 0 Å². The van der Waals surface area contributed by atoms with E-state index in [1.54, 1.807) is 0 Å². The molecule has 1 rings (SSSR count). The summed E-state index contributed by atoms with van der Waals surface area (Å²) in [6.07, 6.45) is 1.65. The third-order valence-electron chi connectivity index (χ3n) is 2.41. The number of hydrogen-bond donors (Lipinski definition) is 1. The Hall–Kier alpha value is -1.84. The summed E-state index contributed by atoms with van der Waals surface area (Å²) in [6.45, 7) is 3.99. The molecule has 0 fully saturated rings. The van der Waals surface area contributed by atoms with E-state index in [2.05, 4.69) is 34.3 Å². The van der Waals surface area contributed by atoms with E-state index in [0.29, 0.717) is 0 Å². The van der Waals surface area contributed by atoms with Gasteiger partial charge < -0.3 is 4.74 Å². The van der Waals surface area contributed by atoms with Gasteiger partial charge in [-0.2, -0.15) is 5.10 Å². The zero-order valence-electron chi connectivity index (χ0n) is 10.5. The molecular formula is C13H18N2O2. The number of hydrogen-bond acceptors (Lipinski definition) is 3. The predicted octanol–water partition coefficient (Wildman–Crippen LogP) is 2.72. The fraction of sp³-hybridized carbons (Fsp3) is 0.385. The minimum atomic E-state index is -0.563. The first-order chi connectivity index (χ1) is 8.17. The lowest BCUT2D eigenvalue weighted by atomic mass is 10.1. The molecule has 0 aliphatic rings. The number of carbonyl (C=O) groups is 1. The van der Waals surface area contributed by atoms with Crippen molar-refractivity contribution in [2.45, 2.75) is 26.7 Å². The third kappa shape index (κ3) is 4.26. The van der Waals surface area contributed by atoms with Gasteiger partial charge in [0.25, 0.3) is 0 Å². The number of nitrogens with one attached hydrogen (secondary N) is 1. The number of hydrazone groups is 1. The molecule has 0 bridgehead atoms. The van der Waals surface area contributed by atoms with Gasteiger partial charge in [0.2, 0.25) is 0 Å². The van der Waals surface area contributed by atoms with Gasteiger partial charge in [-0.25, -0.2) is 10.2 Å². The zero-order chi connectivity index (χ0) is 12.7. The highest BCUT2D eigenvalue weighted by atomic mass is 16.5. The summed E-state index contributed by atoms with van der Waals surface area (Å²) >= 11 is 0. The molecule has 0 saturated carbocycles. The smallest absolute Gasteiger partial charge is 0.427 e. The second-order valence-electron chi connectivity index (χ2n) is 3.75. The van der Waals surface area contributed by atoms with Gasteiger partial charge in [-0.1, -0.05) is 37.6 Å². The summed E-state index contributed by atoms with van der Waals surface area (Å²) in [5, 5.41) is 3.93. The molecule has 0 radical (unpaired) electrons. The van der Waals surface area contributed by atoms with E-state index in [9.17, 15) is 4.79 Å². The molecule has 0 unspecified atom stereocenters. The average Bonchev–Trinajstić information content (AvgIpc) is 2.36. The van der Waals surface area contributed by atoms with E-state index in [0.717, 1.165) is 24.1 Å². The van der Waals surface area contributed by atoms with Crippen molar-refractivity contribution >= 4 is 11.8 Å². The van der Waals surface area contributed by atoms with Crippen LogP contribution in [-0.2, 0) is 11.2 Å². The maximum absolute atomic E-state index is 10.8. The molecule has 1 aromatic carbocycles. The van der Waals surface area contributed by atoms with Gasteiger partial charge in [-0.05, 0) is 24.5 Å². The van der Waals surface area contributed by atoms with Crippen LogP contribution in [0.1, 0.15) is 31.4 Å². The topological polar surface area (TPSA) is 50.7 Å². The summed E-state index contributed by atoms with van der Waals surface area (Å²) in [5.74, 6) is 0. The van der Waals surface area contributed by atoms with Crippen molar-refractivity contribution in [1.29, 1.82) is 0 Å². The number of nitrogens with zero attached hydrogens (tertiary/aromatic N) is 1. The van der Waals surface area contributed by atoms with Crippen LogP contribution in [0.25, 0.3) is 0 Å². The van der Waals surface area contributed by atoms with Gasteiger partial charge in [0, 0.05) is 0 Å². The Labute approximate surface area is 102 Å². The van der Waals surface area contributed by atoms with E-state index in [1.807, 2.05) is 19.1 Å². The molecular weight excluding hydrogens is 216 g/mol. The van der Waals surface area contributed by atoms with Gasteiger partial charge in [0.15, 0.2) is 0 Å². The maximum Gasteiger partial charge on any atom is 0.427 e. The van der Waals surface area contributed by atoms with Crippen LogP contribution >= 0.6 is 0 Å². The molecule has 0 aromatic heterocycles. The quantitative estimate of drug-likeness (QED) is 0.643. The number of amides is 1. The van der Waals surface area contributed by atoms with Crippen LogP contribution in [0.5, 0.6) is 0 Å². The van der Waals surface area contributed by atoms with E-state index in [-0.39, 0.29) is 0 Å². The van der Waals surface area contributed by atoms with Crippen molar-refractivity contribution in [3.63, 3.8) is 0 Å². The first kappa shape index (κ1) is 13.2. The molecule has 0 heterocycles. The summed E-state index contributed by atoms with van der Waals surface area (Å²) in [5.41, 5.74) is 5.34. The summed E-state index contributed by atoms with van der Waals surface area (Å²) < 4.78 is 4.43. The van der Waals surface area contributed by atoms with Crippen molar-refractivity contribution < 1.29 is 9.53 Å². The van der Waals surface area contributed by atoms with Gasteiger partial charge in [-0.3, -0.25) is 0 Å². The number of aryl methyl sites for hydroxylation is 1. The predicted molar refractivity (Wildman–Crippen MR) is 68.2 cm³/mol. The largest absolute Gasteiger partial charge is 0.452 e. The molecule has 0 aliphatic heterocycles. The van der Waals surface area contributed by atoms with Crippen molar-refractivity contribution in [1.82, 2.24) is 5.43 Å². The molecule has 92 valence electrons. The third-order valence-corrected chi connectivity index (χ3v) is 2.41. The minimum Gasteiger partial charge on any atom is -0.452 e. The molecule has 17 heavy (non-hydrogen) atoms. The fourth-order valence-electron chi connectivity index (χ4n) is 1.44. The van der Waals surface area contributed by atoms with Gasteiger partial charge in [0.05, 0.1) is 12.8 Å². The minimum absolute atomic E-state index is 0.563. The lowest BCUT2D eigenvalue weighted by Gasteiger charge is -2.03. The van der Waals surface area contributed by atoms with Crippen LogP contribution in [-0.4, -0.2) is 18.9 Å². The van der Waals surface area contributed by atoms with E-state index in [1.165, 1.54) is 12.7 Å². The number of carbonyl (C=O) groups excluding carboxylic acids is 1. The van der Waals surface area contributed by atoms with Crippen molar-refractivity contribution in [2.24, 2.45) is 5.10 Å². The number of methoxy groups -OCH3 is 1. The Balaban J connectivity index is 2.68. The summed E-state index contributed by atoms with van der Waals surface area (Å²) in [4.78, 5) is 10.8. The first-order valence-electron chi connectivity index (χ1n) is 5.65. The van der Waals surface area contributed by atoms with Crippen molar-refractivity contribution in [3.8, 4) is 0 Å². The van der Waals surface area contributed by atoms with Crippen molar-refractivity contribution in [2.75, 3.05) is 7.11 Å². The number of ether oxygens (including phenoxy) is 1. The van der Waals surface area contributed by atoms with Crippen LogP contribution < -0.4 is 5.43 Å². The summed E-state index contributed by atoms with van der Waals surface area (Å²) in [6, 6.07) is 8.16. The highest BCUT2D eigenvalue weighted by Gasteiger charge is 2.00. The second-order valence-corrected chi connectivity index (χ2v) is 3.75. The Kier molecular flexibility index (Phi) is 5.20. The Morgan fingerprint density at radius 1 is 1.35 bits per heavy atom. The Morgan fingerprint density at radius 3 is 2.53 bits per heavy atom. The highest BCUT2D eigenvalue weighted by molar-refractivity contribution is 5.99. The average molecular weight is 234 g/mol. The van der Waals surface area contributed by atoms with E-state index < -0.39 is 6.09 Å². The lowest BCUT2D eigenvalue weighted by molar-refractivity contribution is 0.171. The standard InChI is InChI=1S/C13H18N2O2/c1-4-5-11-6-8-12(9-7-11)10(2)14-15-13(16)17-3/h6-9H,4-5H2,1-3H3,(H,15,16)/b14-10+. The molecule has 0 spiro atoms. The molecule has 0 saturated heterocycles. The van der Waals surface area contributed by atoms with Crippen molar-refractivity contribution in [3.05, 3.63) is 35.4 Å². The van der Waals surface area contributed by atoms with Crippen LogP contribution in [0, 0.1) is 0 Å². The molecule has 0 atom stereocenters. The molecule has 4 nitrogen and oxygen atoms in total. The van der Waals surface area contributed by atoms with E-state index >= 15 is 0 Å². The number of benzene rings is 1. The molecule has 0 aliphatic carbocycles. The fourth-order valence-corrected chi connectivity index (χ4v) is 1.44. The number of rotatable bonds is 4. The van der Waals surface area contributed by atoms with E-state index in [4.69, 9.17) is 0 Å². The first-order valence-corrected chi connectivity index (χ1v) is 5.65. The summed E-state index contributed by atoms with van der Waals surface area (Å²) in [7, 11) is 1.31. The molecule has 4 heteroatoms. The van der Waals surface area contributed by atoms with Crippen LogP contribution in [0.2, 0.25) is 0 Å². The van der Waals surface area contributed by atoms with Crippen LogP contribution in [0.4, 0.5) is 4.79 Å².